The molecule has 0 radical (unpaired) electrons. The third-order valence-electron chi connectivity index (χ3n) is 6.15. The predicted octanol–water partition coefficient (Wildman–Crippen LogP) is 5.54. The Morgan fingerprint density at radius 1 is 0.912 bits per heavy atom. The van der Waals surface area contributed by atoms with Crippen molar-refractivity contribution >= 4 is 28.3 Å². The minimum atomic E-state index is -1.17. The van der Waals surface area contributed by atoms with Gasteiger partial charge in [-0.25, -0.2) is 4.98 Å². The molecule has 0 aliphatic rings. The number of rotatable bonds is 6. The molecule has 3 N–H and O–H groups in total. The minimum absolute atomic E-state index is 0.125. The number of carboxylic acid groups (broad SMARTS) is 1. The van der Waals surface area contributed by atoms with E-state index in [1.807, 2.05) is 75.4 Å². The Hall–Kier alpha value is -4.19. The molecule has 4 aromatic rings. The molecule has 0 aliphatic carbocycles. The van der Waals surface area contributed by atoms with Gasteiger partial charge in [0.25, 0.3) is 0 Å². The second-order valence-corrected chi connectivity index (χ2v) is 8.50. The molecule has 4 rings (SSSR count). The fourth-order valence-corrected chi connectivity index (χ4v) is 4.19. The van der Waals surface area contributed by atoms with E-state index in [9.17, 15) is 14.7 Å². The summed E-state index contributed by atoms with van der Waals surface area (Å²) >= 11 is 0. The molecule has 0 aliphatic heterocycles. The molecule has 0 unspecified atom stereocenters. The highest BCUT2D eigenvalue weighted by atomic mass is 16.4. The van der Waals surface area contributed by atoms with Gasteiger partial charge in [0, 0.05) is 23.4 Å². The Morgan fingerprint density at radius 3 is 2.38 bits per heavy atom. The van der Waals surface area contributed by atoms with Crippen LogP contribution in [0.15, 0.2) is 60.7 Å². The van der Waals surface area contributed by atoms with Crippen molar-refractivity contribution in [1.82, 2.24) is 4.98 Å². The van der Waals surface area contributed by atoms with Crippen LogP contribution < -0.4 is 5.32 Å². The number of fused-ring (bicyclic) bond motifs is 1. The fourth-order valence-electron chi connectivity index (χ4n) is 4.19. The van der Waals surface area contributed by atoms with Crippen molar-refractivity contribution in [3.05, 3.63) is 88.6 Å². The first-order valence-electron chi connectivity index (χ1n) is 11.0. The summed E-state index contributed by atoms with van der Waals surface area (Å²) in [5.41, 5.74) is 6.75. The van der Waals surface area contributed by atoms with Gasteiger partial charge in [0.2, 0.25) is 5.91 Å². The zero-order valence-electron chi connectivity index (χ0n) is 19.3. The van der Waals surface area contributed by atoms with Gasteiger partial charge in [-0.15, -0.1) is 0 Å². The molecule has 0 saturated carbocycles. The number of aromatic nitrogens is 1. The molecule has 0 bridgehead atoms. The van der Waals surface area contributed by atoms with Crippen LogP contribution in [0.1, 0.15) is 34.4 Å². The molecule has 1 amide bonds. The third kappa shape index (κ3) is 4.76. The van der Waals surface area contributed by atoms with Gasteiger partial charge < -0.3 is 15.5 Å². The number of benzene rings is 3. The number of carbonyl (C=O) groups is 2. The lowest BCUT2D eigenvalue weighted by Gasteiger charge is -2.17. The lowest BCUT2D eigenvalue weighted by Crippen LogP contribution is -2.17. The van der Waals surface area contributed by atoms with Crippen LogP contribution in [0.2, 0.25) is 0 Å². The molecule has 3 aromatic carbocycles. The van der Waals surface area contributed by atoms with Crippen molar-refractivity contribution in [3.8, 4) is 17.0 Å². The molecule has 0 atom stereocenters. The third-order valence-corrected chi connectivity index (χ3v) is 6.15. The SMILES string of the molecule is Cc1cc(NC(=O)CC(=O)O)c(C)c(C)c1Cc1ccc(O)c(-c2ccc3ccccc3c2)n1. The molecule has 0 fully saturated rings. The van der Waals surface area contributed by atoms with Crippen molar-refractivity contribution in [2.45, 2.75) is 33.6 Å². The summed E-state index contributed by atoms with van der Waals surface area (Å²) in [5, 5.41) is 24.3. The monoisotopic (exact) mass is 454 g/mol. The van der Waals surface area contributed by atoms with Gasteiger partial charge in [0.05, 0.1) is 0 Å². The van der Waals surface area contributed by atoms with Gasteiger partial charge in [0.1, 0.15) is 17.9 Å². The first-order valence-corrected chi connectivity index (χ1v) is 11.0. The number of nitrogens with one attached hydrogen (secondary N) is 1. The molecule has 34 heavy (non-hydrogen) atoms. The number of amides is 1. The largest absolute Gasteiger partial charge is 0.506 e. The number of carboxylic acids is 1. The number of aromatic hydroxyl groups is 1. The highest BCUT2D eigenvalue weighted by Crippen LogP contribution is 2.32. The number of hydrogen-bond acceptors (Lipinski definition) is 4. The second kappa shape index (κ2) is 9.35. The average Bonchev–Trinajstić information content (AvgIpc) is 2.80. The molecular weight excluding hydrogens is 428 g/mol. The quantitative estimate of drug-likeness (QED) is 0.332. The van der Waals surface area contributed by atoms with Crippen molar-refractivity contribution < 1.29 is 19.8 Å². The maximum atomic E-state index is 11.9. The van der Waals surface area contributed by atoms with Crippen LogP contribution in [-0.4, -0.2) is 27.1 Å². The average molecular weight is 455 g/mol. The van der Waals surface area contributed by atoms with Gasteiger partial charge in [-0.3, -0.25) is 9.59 Å². The number of aliphatic carboxylic acids is 1. The summed E-state index contributed by atoms with van der Waals surface area (Å²) in [4.78, 5) is 27.5. The van der Waals surface area contributed by atoms with E-state index in [2.05, 4.69) is 5.32 Å². The topological polar surface area (TPSA) is 99.5 Å². The number of anilines is 1. The van der Waals surface area contributed by atoms with E-state index in [-0.39, 0.29) is 5.75 Å². The fraction of sp³-hybridized carbons (Fsp3) is 0.179. The molecule has 0 spiro atoms. The molecular formula is C28H26N2O4. The molecule has 6 nitrogen and oxygen atoms in total. The van der Waals surface area contributed by atoms with Gasteiger partial charge in [0.15, 0.2) is 0 Å². The van der Waals surface area contributed by atoms with Crippen LogP contribution in [0, 0.1) is 20.8 Å². The standard InChI is InChI=1S/C28H26N2O4/c1-16-12-24(30-26(32)15-27(33)34)18(3)17(2)23(16)14-22-10-11-25(31)28(29-22)21-9-8-19-6-4-5-7-20(19)13-21/h4-13,31H,14-15H2,1-3H3,(H,30,32)(H,33,34). The first-order chi connectivity index (χ1) is 16.2. The minimum Gasteiger partial charge on any atom is -0.506 e. The maximum Gasteiger partial charge on any atom is 0.312 e. The highest BCUT2D eigenvalue weighted by Gasteiger charge is 2.16. The zero-order valence-corrected chi connectivity index (χ0v) is 19.3. The van der Waals surface area contributed by atoms with E-state index in [4.69, 9.17) is 10.1 Å². The van der Waals surface area contributed by atoms with Gasteiger partial charge in [-0.05, 0) is 78.1 Å². The van der Waals surface area contributed by atoms with E-state index in [1.54, 1.807) is 6.07 Å². The van der Waals surface area contributed by atoms with Crippen molar-refractivity contribution in [1.29, 1.82) is 0 Å². The van der Waals surface area contributed by atoms with E-state index in [1.165, 1.54) is 0 Å². The van der Waals surface area contributed by atoms with Crippen LogP contribution in [0.3, 0.4) is 0 Å². The van der Waals surface area contributed by atoms with Crippen LogP contribution in [0.5, 0.6) is 5.75 Å². The lowest BCUT2D eigenvalue weighted by atomic mass is 9.93. The summed E-state index contributed by atoms with van der Waals surface area (Å²) in [5.74, 6) is -1.59. The highest BCUT2D eigenvalue weighted by molar-refractivity contribution is 6.01. The predicted molar refractivity (Wildman–Crippen MR) is 133 cm³/mol. The van der Waals surface area contributed by atoms with Crippen LogP contribution in [-0.2, 0) is 16.0 Å². The summed E-state index contributed by atoms with van der Waals surface area (Å²) in [6.07, 6.45) is -0.0169. The Balaban J connectivity index is 1.66. The smallest absolute Gasteiger partial charge is 0.312 e. The molecule has 6 heteroatoms. The lowest BCUT2D eigenvalue weighted by molar-refractivity contribution is -0.139. The second-order valence-electron chi connectivity index (χ2n) is 8.50. The zero-order chi connectivity index (χ0) is 24.4. The normalized spacial score (nSPS) is 10.9. The number of carbonyl (C=O) groups excluding carboxylic acids is 1. The Labute approximate surface area is 197 Å². The summed E-state index contributed by atoms with van der Waals surface area (Å²) in [7, 11) is 0. The maximum absolute atomic E-state index is 11.9. The van der Waals surface area contributed by atoms with E-state index >= 15 is 0 Å². The van der Waals surface area contributed by atoms with Gasteiger partial charge in [-0.2, -0.15) is 0 Å². The van der Waals surface area contributed by atoms with Crippen molar-refractivity contribution in [3.63, 3.8) is 0 Å². The Kier molecular flexibility index (Phi) is 6.32. The Bertz CT molecular complexity index is 1430. The van der Waals surface area contributed by atoms with Crippen molar-refractivity contribution in [2.75, 3.05) is 5.32 Å². The summed E-state index contributed by atoms with van der Waals surface area (Å²) in [6.45, 7) is 5.84. The van der Waals surface area contributed by atoms with Gasteiger partial charge in [-0.1, -0.05) is 36.4 Å². The van der Waals surface area contributed by atoms with Gasteiger partial charge >= 0.3 is 5.97 Å². The number of aryl methyl sites for hydroxylation is 1. The van der Waals surface area contributed by atoms with Crippen molar-refractivity contribution in [2.24, 2.45) is 0 Å². The van der Waals surface area contributed by atoms with Crippen LogP contribution in [0.4, 0.5) is 5.69 Å². The van der Waals surface area contributed by atoms with Crippen LogP contribution in [0.25, 0.3) is 22.0 Å². The number of nitrogens with zero attached hydrogens (tertiary/aromatic N) is 1. The molecule has 172 valence electrons. The molecule has 0 saturated heterocycles. The summed E-state index contributed by atoms with van der Waals surface area (Å²) < 4.78 is 0. The molecule has 1 aromatic heterocycles. The number of hydrogen-bond donors (Lipinski definition) is 3. The van der Waals surface area contributed by atoms with E-state index < -0.39 is 18.3 Å². The van der Waals surface area contributed by atoms with Crippen LogP contribution >= 0.6 is 0 Å². The molecule has 1 heterocycles. The van der Waals surface area contributed by atoms with E-state index in [0.29, 0.717) is 17.8 Å². The summed E-state index contributed by atoms with van der Waals surface area (Å²) in [6, 6.07) is 19.4. The Morgan fingerprint density at radius 2 is 1.65 bits per heavy atom. The number of pyridine rings is 1. The van der Waals surface area contributed by atoms with E-state index in [0.717, 1.165) is 44.3 Å². The first kappa shape index (κ1) is 23.0.